The van der Waals surface area contributed by atoms with Gasteiger partial charge in [0.25, 0.3) is 10.9 Å². The monoisotopic (exact) mass is 505 g/mol. The lowest BCUT2D eigenvalue weighted by molar-refractivity contribution is 0.389. The van der Waals surface area contributed by atoms with Crippen molar-refractivity contribution >= 4 is 38.7 Å². The van der Waals surface area contributed by atoms with E-state index in [9.17, 15) is 23.1 Å². The third-order valence-corrected chi connectivity index (χ3v) is 7.82. The van der Waals surface area contributed by atoms with Gasteiger partial charge in [0, 0.05) is 20.6 Å². The number of nitrogens with zero attached hydrogens (tertiary/aromatic N) is 1. The van der Waals surface area contributed by atoms with Crippen LogP contribution in [0, 0.1) is 12.3 Å². The van der Waals surface area contributed by atoms with Crippen molar-refractivity contribution in [2.45, 2.75) is 32.1 Å². The fourth-order valence-electron chi connectivity index (χ4n) is 3.65. The number of anilines is 3. The fourth-order valence-corrected chi connectivity index (χ4v) is 5.13. The maximum absolute atomic E-state index is 12.6. The van der Waals surface area contributed by atoms with Crippen LogP contribution in [-0.2, 0) is 16.4 Å². The number of nitrogens with one attached hydrogen (secondary N) is 2. The van der Waals surface area contributed by atoms with E-state index in [1.165, 1.54) is 26.2 Å². The molecule has 182 valence electrons. The first-order valence-corrected chi connectivity index (χ1v) is 12.4. The van der Waals surface area contributed by atoms with Crippen molar-refractivity contribution in [3.63, 3.8) is 0 Å². The Labute approximate surface area is 203 Å². The molecule has 0 amide bonds. The van der Waals surface area contributed by atoms with Crippen LogP contribution >= 0.6 is 11.6 Å². The molecule has 3 N–H and O–H groups in total. The number of phenols is 1. The lowest BCUT2D eigenvalue weighted by Crippen LogP contribution is -2.39. The normalized spacial score (nSPS) is 12.3. The molecule has 10 heteroatoms. The summed E-state index contributed by atoms with van der Waals surface area (Å²) in [6.45, 7) is 6.53. The van der Waals surface area contributed by atoms with E-state index in [1.807, 2.05) is 39.0 Å². The minimum Gasteiger partial charge on any atom is -0.504 e. The zero-order valence-electron chi connectivity index (χ0n) is 19.7. The molecular formula is C24H28ClN3O5S. The summed E-state index contributed by atoms with van der Waals surface area (Å²) >= 11 is 6.03. The lowest BCUT2D eigenvalue weighted by atomic mass is 9.85. The third-order valence-electron chi connectivity index (χ3n) is 5.50. The summed E-state index contributed by atoms with van der Waals surface area (Å²) in [6, 6.07) is 10.8. The van der Waals surface area contributed by atoms with Gasteiger partial charge in [0.1, 0.15) is 16.3 Å². The Morgan fingerprint density at radius 2 is 1.71 bits per heavy atom. The number of hydrogen-bond donors (Lipinski definition) is 3. The van der Waals surface area contributed by atoms with Crippen molar-refractivity contribution in [3.8, 4) is 5.75 Å². The van der Waals surface area contributed by atoms with Crippen LogP contribution in [0.25, 0.3) is 0 Å². The van der Waals surface area contributed by atoms with Gasteiger partial charge in [0.15, 0.2) is 5.75 Å². The van der Waals surface area contributed by atoms with Gasteiger partial charge in [-0.1, -0.05) is 55.3 Å². The number of sulfonamides is 1. The molecule has 0 aliphatic heterocycles. The van der Waals surface area contributed by atoms with Crippen molar-refractivity contribution in [3.05, 3.63) is 73.0 Å². The SMILES string of the molecule is Cc1cccc(CC(C)(C)CNc2c(Nc3ccc(Cl)c(S(=O)(=O)N(C)C)c3O)c(=O)c2=O)c1. The summed E-state index contributed by atoms with van der Waals surface area (Å²) in [5.74, 6) is -0.639. The van der Waals surface area contributed by atoms with Gasteiger partial charge in [-0.15, -0.1) is 0 Å². The molecule has 0 aliphatic carbocycles. The highest BCUT2D eigenvalue weighted by Gasteiger charge is 2.29. The number of rotatable bonds is 9. The molecule has 0 aliphatic rings. The van der Waals surface area contributed by atoms with Gasteiger partial charge in [-0.25, -0.2) is 12.7 Å². The van der Waals surface area contributed by atoms with E-state index in [0.717, 1.165) is 21.9 Å². The van der Waals surface area contributed by atoms with Crippen LogP contribution in [0.15, 0.2) is 50.9 Å². The van der Waals surface area contributed by atoms with Gasteiger partial charge in [-0.05, 0) is 36.5 Å². The molecule has 0 aromatic heterocycles. The second-order valence-corrected chi connectivity index (χ2v) is 11.8. The summed E-state index contributed by atoms with van der Waals surface area (Å²) in [5.41, 5.74) is 0.647. The van der Waals surface area contributed by atoms with Crippen LogP contribution in [0.1, 0.15) is 25.0 Å². The number of halogens is 1. The molecule has 0 unspecified atom stereocenters. The number of phenolic OH excluding ortho intramolecular Hbond substituents is 1. The van der Waals surface area contributed by atoms with E-state index in [2.05, 4.69) is 16.7 Å². The van der Waals surface area contributed by atoms with Crippen LogP contribution in [-0.4, -0.2) is 38.5 Å². The van der Waals surface area contributed by atoms with Gasteiger partial charge in [0.2, 0.25) is 10.0 Å². The van der Waals surface area contributed by atoms with Crippen molar-refractivity contribution in [2.24, 2.45) is 5.41 Å². The van der Waals surface area contributed by atoms with Gasteiger partial charge < -0.3 is 15.7 Å². The third kappa shape index (κ3) is 5.11. The number of aryl methyl sites for hydroxylation is 1. The average molecular weight is 506 g/mol. The highest BCUT2D eigenvalue weighted by Crippen LogP contribution is 2.39. The lowest BCUT2D eigenvalue weighted by Gasteiger charge is -2.27. The van der Waals surface area contributed by atoms with Crippen molar-refractivity contribution in [1.29, 1.82) is 0 Å². The maximum Gasteiger partial charge on any atom is 0.253 e. The first kappa shape index (κ1) is 25.7. The standard InChI is InChI=1S/C24H28ClN3O5S/c1-14-7-6-8-15(11-14)12-24(2,3)13-26-18-19(22(31)21(18)30)27-17-10-9-16(25)23(20(17)29)34(32,33)28(4)5/h6-11,26-27,29H,12-13H2,1-5H3. The summed E-state index contributed by atoms with van der Waals surface area (Å²) in [4.78, 5) is 24.0. The first-order valence-electron chi connectivity index (χ1n) is 10.6. The summed E-state index contributed by atoms with van der Waals surface area (Å²) in [6.07, 6.45) is 0.754. The summed E-state index contributed by atoms with van der Waals surface area (Å²) in [5, 5.41) is 16.2. The zero-order valence-corrected chi connectivity index (χ0v) is 21.3. The molecule has 34 heavy (non-hydrogen) atoms. The summed E-state index contributed by atoms with van der Waals surface area (Å²) in [7, 11) is -1.44. The van der Waals surface area contributed by atoms with E-state index in [-0.39, 0.29) is 27.5 Å². The Balaban J connectivity index is 1.84. The Hall–Kier alpha value is -2.88. The molecule has 0 bridgehead atoms. The second kappa shape index (κ2) is 9.40. The Morgan fingerprint density at radius 3 is 2.32 bits per heavy atom. The van der Waals surface area contributed by atoms with Gasteiger partial charge in [0.05, 0.1) is 10.7 Å². The number of aromatic hydroxyl groups is 1. The van der Waals surface area contributed by atoms with Gasteiger partial charge in [-0.3, -0.25) is 9.59 Å². The quantitative estimate of drug-likeness (QED) is 0.300. The van der Waals surface area contributed by atoms with Crippen LogP contribution in [0.3, 0.4) is 0 Å². The van der Waals surface area contributed by atoms with E-state index in [0.29, 0.717) is 6.54 Å². The fraction of sp³-hybridized carbons (Fsp3) is 0.333. The maximum atomic E-state index is 12.6. The molecule has 0 saturated carbocycles. The molecule has 0 radical (unpaired) electrons. The van der Waals surface area contributed by atoms with Crippen molar-refractivity contribution < 1.29 is 13.5 Å². The van der Waals surface area contributed by atoms with Gasteiger partial charge in [-0.2, -0.15) is 0 Å². The predicted octanol–water partition coefficient (Wildman–Crippen LogP) is 3.62. The van der Waals surface area contributed by atoms with Crippen LogP contribution in [0.2, 0.25) is 5.02 Å². The Morgan fingerprint density at radius 1 is 1.06 bits per heavy atom. The predicted molar refractivity (Wildman–Crippen MR) is 136 cm³/mol. The molecule has 0 heterocycles. The second-order valence-electron chi connectivity index (χ2n) is 9.28. The Bertz CT molecular complexity index is 1410. The molecule has 0 spiro atoms. The van der Waals surface area contributed by atoms with Crippen LogP contribution < -0.4 is 21.5 Å². The van der Waals surface area contributed by atoms with E-state index < -0.39 is 31.5 Å². The zero-order chi connectivity index (χ0) is 25.4. The number of benzene rings is 2. The highest BCUT2D eigenvalue weighted by molar-refractivity contribution is 7.89. The van der Waals surface area contributed by atoms with Crippen molar-refractivity contribution in [1.82, 2.24) is 4.31 Å². The average Bonchev–Trinajstić information content (AvgIpc) is 2.73. The van der Waals surface area contributed by atoms with E-state index in [1.54, 1.807) is 0 Å². The first-order chi connectivity index (χ1) is 15.7. The van der Waals surface area contributed by atoms with E-state index in [4.69, 9.17) is 11.6 Å². The van der Waals surface area contributed by atoms with Crippen LogP contribution in [0.4, 0.5) is 17.1 Å². The minimum atomic E-state index is -4.06. The minimum absolute atomic E-state index is 0.0396. The van der Waals surface area contributed by atoms with Gasteiger partial charge >= 0.3 is 0 Å². The molecule has 3 rings (SSSR count). The number of hydrogen-bond acceptors (Lipinski definition) is 7. The smallest absolute Gasteiger partial charge is 0.253 e. The Kier molecular flexibility index (Phi) is 7.12. The topological polar surface area (TPSA) is 116 Å². The molecule has 3 aromatic rings. The largest absolute Gasteiger partial charge is 0.504 e. The van der Waals surface area contributed by atoms with Crippen LogP contribution in [0.5, 0.6) is 5.75 Å². The molecule has 0 saturated heterocycles. The van der Waals surface area contributed by atoms with E-state index >= 15 is 0 Å². The molecule has 8 nitrogen and oxygen atoms in total. The molecule has 3 aromatic carbocycles. The molecule has 0 fully saturated rings. The molecule has 0 atom stereocenters. The molecular weight excluding hydrogens is 478 g/mol. The highest BCUT2D eigenvalue weighted by atomic mass is 35.5. The summed E-state index contributed by atoms with van der Waals surface area (Å²) < 4.78 is 26.1. The van der Waals surface area contributed by atoms with Crippen molar-refractivity contribution in [2.75, 3.05) is 31.3 Å².